The number of sulfonamides is 1. The minimum Gasteiger partial charge on any atom is -0.315 e. The maximum Gasteiger partial charge on any atom is 0.241 e. The number of thiophene rings is 1. The molecule has 0 amide bonds. The molecular formula is C13H14ClFN2O2S2. The summed E-state index contributed by atoms with van der Waals surface area (Å²) < 4.78 is 39.8. The van der Waals surface area contributed by atoms with Gasteiger partial charge in [0.05, 0.1) is 9.92 Å². The van der Waals surface area contributed by atoms with Gasteiger partial charge in [0, 0.05) is 23.3 Å². The van der Waals surface area contributed by atoms with E-state index in [9.17, 15) is 12.8 Å². The molecule has 0 saturated carbocycles. The van der Waals surface area contributed by atoms with Gasteiger partial charge in [0.15, 0.2) is 0 Å². The molecule has 0 unspecified atom stereocenters. The standard InChI is InChI=1S/C13H14ClFN2O2S2/c1-16-7-10-5-11(8-20-10)21(18,19)17-6-9-2-3-13(15)12(14)4-9/h2-5,8,16-17H,6-7H2,1H3. The average molecular weight is 349 g/mol. The second kappa shape index (κ2) is 6.85. The van der Waals surface area contributed by atoms with Crippen molar-refractivity contribution in [3.63, 3.8) is 0 Å². The maximum absolute atomic E-state index is 13.0. The molecule has 0 fully saturated rings. The van der Waals surface area contributed by atoms with E-state index in [0.717, 1.165) is 4.88 Å². The summed E-state index contributed by atoms with van der Waals surface area (Å²) in [5.74, 6) is -0.530. The van der Waals surface area contributed by atoms with E-state index in [4.69, 9.17) is 11.6 Å². The van der Waals surface area contributed by atoms with Crippen LogP contribution in [-0.2, 0) is 23.1 Å². The second-order valence-corrected chi connectivity index (χ2v) is 7.52. The molecule has 114 valence electrons. The van der Waals surface area contributed by atoms with Crippen LogP contribution in [0.1, 0.15) is 10.4 Å². The van der Waals surface area contributed by atoms with Gasteiger partial charge in [-0.2, -0.15) is 0 Å². The van der Waals surface area contributed by atoms with Crippen molar-refractivity contribution >= 4 is 33.0 Å². The highest BCUT2D eigenvalue weighted by Gasteiger charge is 2.16. The van der Waals surface area contributed by atoms with Crippen molar-refractivity contribution in [3.05, 3.63) is 50.9 Å². The van der Waals surface area contributed by atoms with Gasteiger partial charge in [-0.05, 0) is 30.8 Å². The summed E-state index contributed by atoms with van der Waals surface area (Å²) in [6.45, 7) is 0.674. The predicted octanol–water partition coefficient (Wildman–Crippen LogP) is 2.74. The van der Waals surface area contributed by atoms with Gasteiger partial charge in [-0.3, -0.25) is 0 Å². The summed E-state index contributed by atoms with van der Waals surface area (Å²) in [5.41, 5.74) is 0.593. The fourth-order valence-electron chi connectivity index (χ4n) is 1.68. The average Bonchev–Trinajstić information content (AvgIpc) is 2.90. The highest BCUT2D eigenvalue weighted by molar-refractivity contribution is 7.89. The number of benzene rings is 1. The van der Waals surface area contributed by atoms with Crippen LogP contribution in [0.15, 0.2) is 34.5 Å². The van der Waals surface area contributed by atoms with Crippen LogP contribution in [0.2, 0.25) is 5.02 Å². The van der Waals surface area contributed by atoms with Crippen LogP contribution in [-0.4, -0.2) is 15.5 Å². The Kier molecular flexibility index (Phi) is 5.34. The molecule has 1 heterocycles. The Labute approximate surface area is 132 Å². The molecule has 2 aromatic rings. The number of hydrogen-bond donors (Lipinski definition) is 2. The van der Waals surface area contributed by atoms with E-state index in [1.165, 1.54) is 29.5 Å². The summed E-state index contributed by atoms with van der Waals surface area (Å²) in [6.07, 6.45) is 0. The molecule has 0 radical (unpaired) electrons. The molecule has 1 aromatic carbocycles. The van der Waals surface area contributed by atoms with Crippen molar-refractivity contribution in [1.82, 2.24) is 10.0 Å². The van der Waals surface area contributed by atoms with Gasteiger partial charge in [-0.25, -0.2) is 17.5 Å². The molecule has 1 aromatic heterocycles. The van der Waals surface area contributed by atoms with E-state index in [1.54, 1.807) is 18.5 Å². The minimum atomic E-state index is -3.58. The lowest BCUT2D eigenvalue weighted by Crippen LogP contribution is -2.22. The number of halogens is 2. The molecular weight excluding hydrogens is 335 g/mol. The SMILES string of the molecule is CNCc1cc(S(=O)(=O)NCc2ccc(F)c(Cl)c2)cs1. The number of hydrogen-bond acceptors (Lipinski definition) is 4. The molecule has 0 aliphatic rings. The van der Waals surface area contributed by atoms with Crippen LogP contribution in [0.3, 0.4) is 0 Å². The monoisotopic (exact) mass is 348 g/mol. The first-order valence-corrected chi connectivity index (χ1v) is 8.82. The summed E-state index contributed by atoms with van der Waals surface area (Å²) in [4.78, 5) is 1.16. The maximum atomic E-state index is 13.0. The van der Waals surface area contributed by atoms with Crippen LogP contribution in [0.5, 0.6) is 0 Å². The van der Waals surface area contributed by atoms with E-state index >= 15 is 0 Å². The third-order valence-corrected chi connectivity index (χ3v) is 5.50. The van der Waals surface area contributed by atoms with E-state index in [0.29, 0.717) is 12.1 Å². The van der Waals surface area contributed by atoms with Crippen LogP contribution >= 0.6 is 22.9 Å². The lowest BCUT2D eigenvalue weighted by atomic mass is 10.2. The third kappa shape index (κ3) is 4.24. The summed E-state index contributed by atoms with van der Waals surface area (Å²) in [5, 5.41) is 4.52. The fourth-order valence-corrected chi connectivity index (χ4v) is 4.19. The van der Waals surface area contributed by atoms with Gasteiger partial charge in [-0.15, -0.1) is 11.3 Å². The van der Waals surface area contributed by atoms with Gasteiger partial charge in [0.2, 0.25) is 10.0 Å². The molecule has 4 nitrogen and oxygen atoms in total. The van der Waals surface area contributed by atoms with Crippen LogP contribution < -0.4 is 10.0 Å². The highest BCUT2D eigenvalue weighted by Crippen LogP contribution is 2.20. The van der Waals surface area contributed by atoms with Crippen molar-refractivity contribution in [2.75, 3.05) is 7.05 Å². The number of rotatable bonds is 6. The first-order chi connectivity index (χ1) is 9.92. The molecule has 0 aliphatic carbocycles. The Morgan fingerprint density at radius 3 is 2.71 bits per heavy atom. The number of nitrogens with one attached hydrogen (secondary N) is 2. The zero-order valence-electron chi connectivity index (χ0n) is 11.2. The summed E-state index contributed by atoms with van der Waals surface area (Å²) in [6, 6.07) is 5.73. The van der Waals surface area contributed by atoms with Gasteiger partial charge < -0.3 is 5.32 Å². The molecule has 0 saturated heterocycles. The summed E-state index contributed by atoms with van der Waals surface area (Å²) in [7, 11) is -1.79. The topological polar surface area (TPSA) is 58.2 Å². The molecule has 0 spiro atoms. The van der Waals surface area contributed by atoms with E-state index in [-0.39, 0.29) is 16.5 Å². The molecule has 21 heavy (non-hydrogen) atoms. The van der Waals surface area contributed by atoms with E-state index < -0.39 is 15.8 Å². The molecule has 0 aliphatic heterocycles. The Morgan fingerprint density at radius 2 is 2.05 bits per heavy atom. The Morgan fingerprint density at radius 1 is 1.29 bits per heavy atom. The Bertz CT molecular complexity index is 732. The quantitative estimate of drug-likeness (QED) is 0.844. The normalized spacial score (nSPS) is 11.8. The van der Waals surface area contributed by atoms with Crippen molar-refractivity contribution < 1.29 is 12.8 Å². The first kappa shape index (κ1) is 16.4. The van der Waals surface area contributed by atoms with Crippen molar-refractivity contribution in [2.24, 2.45) is 0 Å². The summed E-state index contributed by atoms with van der Waals surface area (Å²) >= 11 is 7.04. The van der Waals surface area contributed by atoms with Gasteiger partial charge >= 0.3 is 0 Å². The molecule has 2 N–H and O–H groups in total. The predicted molar refractivity (Wildman–Crippen MR) is 82.5 cm³/mol. The fraction of sp³-hybridized carbons (Fsp3) is 0.231. The highest BCUT2D eigenvalue weighted by atomic mass is 35.5. The van der Waals surface area contributed by atoms with E-state index in [2.05, 4.69) is 10.0 Å². The van der Waals surface area contributed by atoms with Crippen molar-refractivity contribution in [3.8, 4) is 0 Å². The lowest BCUT2D eigenvalue weighted by Gasteiger charge is -2.06. The molecule has 0 bridgehead atoms. The zero-order chi connectivity index (χ0) is 15.5. The van der Waals surface area contributed by atoms with Crippen molar-refractivity contribution in [1.29, 1.82) is 0 Å². The van der Waals surface area contributed by atoms with Gasteiger partial charge in [0.1, 0.15) is 5.82 Å². The van der Waals surface area contributed by atoms with Gasteiger partial charge in [0.25, 0.3) is 0 Å². The van der Waals surface area contributed by atoms with Crippen LogP contribution in [0.4, 0.5) is 4.39 Å². The van der Waals surface area contributed by atoms with Crippen LogP contribution in [0.25, 0.3) is 0 Å². The Hall–Kier alpha value is -0.990. The molecule has 8 heteroatoms. The first-order valence-electron chi connectivity index (χ1n) is 6.08. The lowest BCUT2D eigenvalue weighted by molar-refractivity contribution is 0.581. The largest absolute Gasteiger partial charge is 0.315 e. The third-order valence-electron chi connectivity index (χ3n) is 2.74. The van der Waals surface area contributed by atoms with Crippen LogP contribution in [0, 0.1) is 5.82 Å². The van der Waals surface area contributed by atoms with E-state index in [1.807, 2.05) is 0 Å². The second-order valence-electron chi connectivity index (χ2n) is 4.35. The molecule has 2 rings (SSSR count). The molecule has 0 atom stereocenters. The zero-order valence-corrected chi connectivity index (χ0v) is 13.6. The Balaban J connectivity index is 2.08. The van der Waals surface area contributed by atoms with Crippen molar-refractivity contribution in [2.45, 2.75) is 18.0 Å². The minimum absolute atomic E-state index is 0.0291. The smallest absolute Gasteiger partial charge is 0.241 e. The van der Waals surface area contributed by atoms with Gasteiger partial charge in [-0.1, -0.05) is 17.7 Å².